The summed E-state index contributed by atoms with van der Waals surface area (Å²) in [5, 5.41) is 9.45. The zero-order valence-corrected chi connectivity index (χ0v) is 11.7. The largest absolute Gasteiger partial charge is 0.393 e. The Kier molecular flexibility index (Phi) is 5.89. The molecule has 0 aliphatic carbocycles. The standard InChI is InChI=1S/C12H25NO3S/c1-3-17(15,16)9-8-13-7-5-4-6-12(13)10-11(2)14/h11-12,14H,3-10H2,1-2H3. The van der Waals surface area contributed by atoms with E-state index in [-0.39, 0.29) is 17.6 Å². The van der Waals surface area contributed by atoms with Crippen LogP contribution in [-0.2, 0) is 9.84 Å². The van der Waals surface area contributed by atoms with Crippen molar-refractivity contribution < 1.29 is 13.5 Å². The first-order valence-corrected chi connectivity index (χ1v) is 8.39. The molecule has 0 amide bonds. The first kappa shape index (κ1) is 14.9. The Hall–Kier alpha value is -0.130. The van der Waals surface area contributed by atoms with Crippen LogP contribution in [0.15, 0.2) is 0 Å². The molecule has 1 heterocycles. The van der Waals surface area contributed by atoms with Crippen LogP contribution >= 0.6 is 0 Å². The number of piperidine rings is 1. The third kappa shape index (κ3) is 5.36. The monoisotopic (exact) mass is 263 g/mol. The zero-order valence-electron chi connectivity index (χ0n) is 10.9. The number of aliphatic hydroxyl groups excluding tert-OH is 1. The zero-order chi connectivity index (χ0) is 12.9. The van der Waals surface area contributed by atoms with Gasteiger partial charge in [0.2, 0.25) is 0 Å². The summed E-state index contributed by atoms with van der Waals surface area (Å²) in [6.45, 7) is 5.08. The second-order valence-corrected chi connectivity index (χ2v) is 7.48. The molecule has 1 saturated heterocycles. The highest BCUT2D eigenvalue weighted by molar-refractivity contribution is 7.91. The van der Waals surface area contributed by atoms with Crippen molar-refractivity contribution in [2.24, 2.45) is 0 Å². The van der Waals surface area contributed by atoms with E-state index in [4.69, 9.17) is 0 Å². The number of likely N-dealkylation sites (tertiary alicyclic amines) is 1. The van der Waals surface area contributed by atoms with E-state index >= 15 is 0 Å². The smallest absolute Gasteiger partial charge is 0.151 e. The number of hydrogen-bond donors (Lipinski definition) is 1. The van der Waals surface area contributed by atoms with Gasteiger partial charge in [-0.15, -0.1) is 0 Å². The molecule has 0 saturated carbocycles. The average molecular weight is 263 g/mol. The predicted molar refractivity (Wildman–Crippen MR) is 69.8 cm³/mol. The summed E-state index contributed by atoms with van der Waals surface area (Å²) in [7, 11) is -2.87. The number of hydrogen-bond acceptors (Lipinski definition) is 4. The molecule has 0 aromatic rings. The van der Waals surface area contributed by atoms with Crippen molar-refractivity contribution in [2.75, 3.05) is 24.6 Å². The summed E-state index contributed by atoms with van der Waals surface area (Å²) in [6, 6.07) is 0.357. The Labute approximate surface area is 105 Å². The van der Waals surface area contributed by atoms with Crippen molar-refractivity contribution in [3.8, 4) is 0 Å². The number of sulfone groups is 1. The van der Waals surface area contributed by atoms with E-state index in [1.54, 1.807) is 13.8 Å². The fraction of sp³-hybridized carbons (Fsp3) is 1.00. The summed E-state index contributed by atoms with van der Waals surface area (Å²) in [5.41, 5.74) is 0. The molecule has 0 radical (unpaired) electrons. The van der Waals surface area contributed by atoms with Gasteiger partial charge in [-0.2, -0.15) is 0 Å². The number of nitrogens with zero attached hydrogens (tertiary/aromatic N) is 1. The van der Waals surface area contributed by atoms with Gasteiger partial charge in [-0.25, -0.2) is 8.42 Å². The molecule has 5 heteroatoms. The van der Waals surface area contributed by atoms with E-state index in [9.17, 15) is 13.5 Å². The Morgan fingerprint density at radius 3 is 2.71 bits per heavy atom. The maximum absolute atomic E-state index is 11.5. The molecule has 0 spiro atoms. The molecule has 2 atom stereocenters. The van der Waals surface area contributed by atoms with Gasteiger partial charge in [0.15, 0.2) is 9.84 Å². The molecule has 0 aromatic carbocycles. The predicted octanol–water partition coefficient (Wildman–Crippen LogP) is 1.05. The van der Waals surface area contributed by atoms with E-state index < -0.39 is 9.84 Å². The van der Waals surface area contributed by atoms with Crippen molar-refractivity contribution in [1.82, 2.24) is 4.90 Å². The van der Waals surface area contributed by atoms with Crippen LogP contribution in [0.25, 0.3) is 0 Å². The lowest BCUT2D eigenvalue weighted by molar-refractivity contribution is 0.0914. The van der Waals surface area contributed by atoms with Gasteiger partial charge in [0.25, 0.3) is 0 Å². The molecular weight excluding hydrogens is 238 g/mol. The molecule has 4 nitrogen and oxygen atoms in total. The molecule has 2 unspecified atom stereocenters. The molecule has 17 heavy (non-hydrogen) atoms. The van der Waals surface area contributed by atoms with Gasteiger partial charge in [0, 0.05) is 18.3 Å². The molecule has 1 aliphatic heterocycles. The lowest BCUT2D eigenvalue weighted by Gasteiger charge is -2.36. The van der Waals surface area contributed by atoms with E-state index in [1.165, 1.54) is 6.42 Å². The second kappa shape index (κ2) is 6.71. The van der Waals surface area contributed by atoms with Crippen LogP contribution in [-0.4, -0.2) is 55.2 Å². The van der Waals surface area contributed by atoms with Gasteiger partial charge in [-0.1, -0.05) is 13.3 Å². The molecule has 0 bridgehead atoms. The highest BCUT2D eigenvalue weighted by atomic mass is 32.2. The summed E-state index contributed by atoms with van der Waals surface area (Å²) >= 11 is 0. The normalized spacial score (nSPS) is 24.8. The van der Waals surface area contributed by atoms with Gasteiger partial charge in [-0.3, -0.25) is 4.90 Å². The quantitative estimate of drug-likeness (QED) is 0.778. The van der Waals surface area contributed by atoms with E-state index in [0.29, 0.717) is 12.6 Å². The number of rotatable bonds is 6. The Morgan fingerprint density at radius 2 is 2.12 bits per heavy atom. The third-order valence-corrected chi connectivity index (χ3v) is 5.18. The summed E-state index contributed by atoms with van der Waals surface area (Å²) in [5.74, 6) is 0.474. The van der Waals surface area contributed by atoms with Crippen molar-refractivity contribution in [2.45, 2.75) is 51.7 Å². The fourth-order valence-corrected chi connectivity index (χ4v) is 3.22. The minimum absolute atomic E-state index is 0.224. The molecule has 102 valence electrons. The summed E-state index contributed by atoms with van der Waals surface area (Å²) < 4.78 is 23.0. The van der Waals surface area contributed by atoms with Gasteiger partial charge in [0.05, 0.1) is 11.9 Å². The first-order chi connectivity index (χ1) is 7.94. The highest BCUT2D eigenvalue weighted by Gasteiger charge is 2.24. The van der Waals surface area contributed by atoms with E-state index in [1.807, 2.05) is 0 Å². The topological polar surface area (TPSA) is 57.6 Å². The molecular formula is C12H25NO3S. The van der Waals surface area contributed by atoms with E-state index in [0.717, 1.165) is 25.8 Å². The lowest BCUT2D eigenvalue weighted by Crippen LogP contribution is -2.43. The van der Waals surface area contributed by atoms with Crippen LogP contribution in [0.4, 0.5) is 0 Å². The second-order valence-electron chi connectivity index (χ2n) is 5.01. The van der Waals surface area contributed by atoms with Crippen LogP contribution in [0, 0.1) is 0 Å². The van der Waals surface area contributed by atoms with Crippen LogP contribution in [0.5, 0.6) is 0 Å². The molecule has 1 aliphatic rings. The van der Waals surface area contributed by atoms with Gasteiger partial charge >= 0.3 is 0 Å². The SMILES string of the molecule is CCS(=O)(=O)CCN1CCCCC1CC(C)O. The summed E-state index contributed by atoms with van der Waals surface area (Å²) in [4.78, 5) is 2.24. The first-order valence-electron chi connectivity index (χ1n) is 6.57. The van der Waals surface area contributed by atoms with Crippen molar-refractivity contribution >= 4 is 9.84 Å². The lowest BCUT2D eigenvalue weighted by atomic mass is 9.97. The van der Waals surface area contributed by atoms with Gasteiger partial charge in [-0.05, 0) is 32.7 Å². The maximum Gasteiger partial charge on any atom is 0.151 e. The average Bonchev–Trinajstić information content (AvgIpc) is 2.27. The molecule has 1 fully saturated rings. The number of aliphatic hydroxyl groups is 1. The minimum atomic E-state index is -2.87. The minimum Gasteiger partial charge on any atom is -0.393 e. The highest BCUT2D eigenvalue weighted by Crippen LogP contribution is 2.20. The van der Waals surface area contributed by atoms with Crippen LogP contribution in [0.2, 0.25) is 0 Å². The van der Waals surface area contributed by atoms with Crippen molar-refractivity contribution in [3.05, 3.63) is 0 Å². The molecule has 1 rings (SSSR count). The Balaban J connectivity index is 2.48. The van der Waals surface area contributed by atoms with Crippen molar-refractivity contribution in [1.29, 1.82) is 0 Å². The molecule has 0 aromatic heterocycles. The maximum atomic E-state index is 11.5. The Bertz CT molecular complexity index is 314. The van der Waals surface area contributed by atoms with E-state index in [2.05, 4.69) is 4.90 Å². The van der Waals surface area contributed by atoms with Crippen LogP contribution < -0.4 is 0 Å². The third-order valence-electron chi connectivity index (χ3n) is 3.49. The van der Waals surface area contributed by atoms with Crippen molar-refractivity contribution in [3.63, 3.8) is 0 Å². The fourth-order valence-electron chi connectivity index (χ4n) is 2.42. The van der Waals surface area contributed by atoms with Gasteiger partial charge < -0.3 is 5.11 Å². The van der Waals surface area contributed by atoms with Gasteiger partial charge in [0.1, 0.15) is 0 Å². The Morgan fingerprint density at radius 1 is 1.41 bits per heavy atom. The van der Waals surface area contributed by atoms with Crippen LogP contribution in [0.1, 0.15) is 39.5 Å². The summed E-state index contributed by atoms with van der Waals surface area (Å²) in [6.07, 6.45) is 3.86. The van der Waals surface area contributed by atoms with Crippen LogP contribution in [0.3, 0.4) is 0 Å². The molecule has 1 N–H and O–H groups in total.